The molecule has 0 spiro atoms. The summed E-state index contributed by atoms with van der Waals surface area (Å²) in [5.41, 5.74) is 1.06. The van der Waals surface area contributed by atoms with Crippen LogP contribution in [0.25, 0.3) is 21.9 Å². The molecular formula is C18H11Cl2N3O4. The number of benzene rings is 1. The van der Waals surface area contributed by atoms with Crippen molar-refractivity contribution in [3.8, 4) is 5.75 Å². The van der Waals surface area contributed by atoms with Crippen LogP contribution in [0.5, 0.6) is 5.75 Å². The van der Waals surface area contributed by atoms with E-state index in [4.69, 9.17) is 32.4 Å². The summed E-state index contributed by atoms with van der Waals surface area (Å²) in [7, 11) is 1.54. The van der Waals surface area contributed by atoms with Gasteiger partial charge in [-0.2, -0.15) is 4.73 Å². The molecule has 0 aliphatic heterocycles. The van der Waals surface area contributed by atoms with Crippen LogP contribution in [0.1, 0.15) is 10.4 Å². The lowest BCUT2D eigenvalue weighted by Crippen LogP contribution is -2.12. The summed E-state index contributed by atoms with van der Waals surface area (Å²) < 4.78 is 11.9. The molecule has 0 saturated heterocycles. The molecule has 0 aliphatic carbocycles. The maximum atomic E-state index is 12.8. The van der Waals surface area contributed by atoms with E-state index < -0.39 is 5.91 Å². The molecule has 4 aromatic rings. The Kier molecular flexibility index (Phi) is 4.25. The van der Waals surface area contributed by atoms with Crippen molar-refractivity contribution in [3.05, 3.63) is 64.0 Å². The first kappa shape index (κ1) is 17.4. The quantitative estimate of drug-likeness (QED) is 0.509. The van der Waals surface area contributed by atoms with Crippen molar-refractivity contribution >= 4 is 51.0 Å². The van der Waals surface area contributed by atoms with Crippen molar-refractivity contribution in [1.29, 1.82) is 0 Å². The van der Waals surface area contributed by atoms with Gasteiger partial charge >= 0.3 is 0 Å². The highest BCUT2D eigenvalue weighted by Gasteiger charge is 2.19. The SMILES string of the molecule is COc1ccc(C(=O)N=c2c(Cl)cn(O)cc2Cl)c2oc3cnccc3c12. The summed E-state index contributed by atoms with van der Waals surface area (Å²) in [5, 5.41) is 11.0. The van der Waals surface area contributed by atoms with E-state index in [0.29, 0.717) is 27.0 Å². The summed E-state index contributed by atoms with van der Waals surface area (Å²) >= 11 is 12.1. The molecule has 0 aliphatic rings. The van der Waals surface area contributed by atoms with Gasteiger partial charge in [0.25, 0.3) is 5.91 Å². The smallest absolute Gasteiger partial charge is 0.281 e. The molecule has 7 nitrogen and oxygen atoms in total. The summed E-state index contributed by atoms with van der Waals surface area (Å²) in [6.45, 7) is 0. The predicted molar refractivity (Wildman–Crippen MR) is 99.6 cm³/mol. The number of pyridine rings is 2. The molecule has 0 saturated carbocycles. The third kappa shape index (κ3) is 2.90. The van der Waals surface area contributed by atoms with Gasteiger partial charge in [-0.15, -0.1) is 0 Å². The second kappa shape index (κ2) is 6.61. The Balaban J connectivity index is 1.98. The number of carbonyl (C=O) groups excluding carboxylic acids is 1. The molecule has 4 rings (SSSR count). The van der Waals surface area contributed by atoms with Crippen molar-refractivity contribution in [2.75, 3.05) is 7.11 Å². The Labute approximate surface area is 162 Å². The third-order valence-electron chi connectivity index (χ3n) is 3.99. The number of fused-ring (bicyclic) bond motifs is 3. The second-order valence-corrected chi connectivity index (χ2v) is 6.41. The molecule has 0 atom stereocenters. The monoisotopic (exact) mass is 403 g/mol. The number of ether oxygens (including phenoxy) is 1. The molecule has 9 heteroatoms. The van der Waals surface area contributed by atoms with E-state index in [9.17, 15) is 10.0 Å². The lowest BCUT2D eigenvalue weighted by Gasteiger charge is -2.04. The number of hydrogen-bond donors (Lipinski definition) is 1. The van der Waals surface area contributed by atoms with E-state index in [1.54, 1.807) is 30.6 Å². The fourth-order valence-corrected chi connectivity index (χ4v) is 3.35. The molecule has 3 aromatic heterocycles. The highest BCUT2D eigenvalue weighted by atomic mass is 35.5. The molecule has 0 fully saturated rings. The van der Waals surface area contributed by atoms with Crippen molar-refractivity contribution in [2.24, 2.45) is 4.99 Å². The molecule has 1 N–H and O–H groups in total. The van der Waals surface area contributed by atoms with E-state index in [-0.39, 0.29) is 21.0 Å². The highest BCUT2D eigenvalue weighted by Crippen LogP contribution is 2.37. The van der Waals surface area contributed by atoms with E-state index in [1.165, 1.54) is 19.5 Å². The number of carbonyl (C=O) groups is 1. The minimum atomic E-state index is -0.603. The van der Waals surface area contributed by atoms with Crippen LogP contribution in [0.2, 0.25) is 10.0 Å². The first-order valence-corrected chi connectivity index (χ1v) is 8.44. The molecule has 136 valence electrons. The molecule has 0 bridgehead atoms. The Morgan fingerprint density at radius 2 is 2.00 bits per heavy atom. The third-order valence-corrected chi connectivity index (χ3v) is 4.55. The molecule has 1 amide bonds. The van der Waals surface area contributed by atoms with Gasteiger partial charge in [-0.05, 0) is 18.2 Å². The zero-order valence-electron chi connectivity index (χ0n) is 13.8. The van der Waals surface area contributed by atoms with Gasteiger partial charge in [-0.25, -0.2) is 4.99 Å². The zero-order valence-corrected chi connectivity index (χ0v) is 15.3. The Hall–Kier alpha value is -3.03. The van der Waals surface area contributed by atoms with E-state index in [0.717, 1.165) is 5.39 Å². The van der Waals surface area contributed by atoms with Gasteiger partial charge in [0.1, 0.15) is 11.1 Å². The number of rotatable bonds is 2. The number of amides is 1. The first-order valence-electron chi connectivity index (χ1n) is 7.68. The largest absolute Gasteiger partial charge is 0.496 e. The average molecular weight is 404 g/mol. The van der Waals surface area contributed by atoms with Crippen LogP contribution in [0.4, 0.5) is 0 Å². The number of halogens is 2. The maximum absolute atomic E-state index is 12.8. The molecule has 0 radical (unpaired) electrons. The van der Waals surface area contributed by atoms with Crippen LogP contribution >= 0.6 is 23.2 Å². The fraction of sp³-hybridized carbons (Fsp3) is 0.0556. The van der Waals surface area contributed by atoms with Gasteiger partial charge < -0.3 is 14.4 Å². The molecule has 1 aromatic carbocycles. The number of hydrogen-bond acceptors (Lipinski definition) is 5. The van der Waals surface area contributed by atoms with E-state index >= 15 is 0 Å². The Morgan fingerprint density at radius 1 is 1.26 bits per heavy atom. The lowest BCUT2D eigenvalue weighted by molar-refractivity contribution is 0.0999. The Morgan fingerprint density at radius 3 is 2.70 bits per heavy atom. The first-order chi connectivity index (χ1) is 13.0. The minimum Gasteiger partial charge on any atom is -0.496 e. The second-order valence-electron chi connectivity index (χ2n) is 5.59. The van der Waals surface area contributed by atoms with Gasteiger partial charge in [0.2, 0.25) is 0 Å². The Bertz CT molecular complexity index is 1250. The standard InChI is InChI=1S/C18H11Cl2N3O4/c1-26-13-3-2-10(17-15(13)9-4-5-21-6-14(9)27-17)18(24)22-16-11(19)7-23(25)8-12(16)20/h2-8,25H,1H3. The number of nitrogens with zero attached hydrogens (tertiary/aromatic N) is 3. The van der Waals surface area contributed by atoms with Crippen molar-refractivity contribution in [3.63, 3.8) is 0 Å². The number of aromatic nitrogens is 2. The van der Waals surface area contributed by atoms with Crippen LogP contribution < -0.4 is 10.1 Å². The lowest BCUT2D eigenvalue weighted by atomic mass is 10.1. The predicted octanol–water partition coefficient (Wildman–Crippen LogP) is 4.08. The average Bonchev–Trinajstić information content (AvgIpc) is 3.03. The van der Waals surface area contributed by atoms with E-state index in [2.05, 4.69) is 9.98 Å². The summed E-state index contributed by atoms with van der Waals surface area (Å²) in [6, 6.07) is 5.00. The van der Waals surface area contributed by atoms with Crippen LogP contribution in [0, 0.1) is 0 Å². The minimum absolute atomic E-state index is 0.0249. The fourth-order valence-electron chi connectivity index (χ4n) is 2.82. The number of methoxy groups -OCH3 is 1. The van der Waals surface area contributed by atoms with Crippen LogP contribution in [0.15, 0.2) is 52.4 Å². The van der Waals surface area contributed by atoms with Crippen LogP contribution in [-0.2, 0) is 0 Å². The number of furan rings is 1. The van der Waals surface area contributed by atoms with Crippen LogP contribution in [0.3, 0.4) is 0 Å². The maximum Gasteiger partial charge on any atom is 0.281 e. The van der Waals surface area contributed by atoms with Gasteiger partial charge in [-0.1, -0.05) is 23.2 Å². The zero-order chi connectivity index (χ0) is 19.1. The summed E-state index contributed by atoms with van der Waals surface area (Å²) in [6.07, 6.45) is 5.54. The summed E-state index contributed by atoms with van der Waals surface area (Å²) in [4.78, 5) is 20.9. The van der Waals surface area contributed by atoms with Crippen molar-refractivity contribution in [1.82, 2.24) is 9.71 Å². The molecule has 27 heavy (non-hydrogen) atoms. The van der Waals surface area contributed by atoms with Gasteiger partial charge in [0.15, 0.2) is 11.2 Å². The van der Waals surface area contributed by atoms with Gasteiger partial charge in [0.05, 0.1) is 46.7 Å². The van der Waals surface area contributed by atoms with Crippen molar-refractivity contribution in [2.45, 2.75) is 0 Å². The van der Waals surface area contributed by atoms with Crippen molar-refractivity contribution < 1.29 is 19.2 Å². The molecule has 0 unspecified atom stereocenters. The molecular weight excluding hydrogens is 393 g/mol. The van der Waals surface area contributed by atoms with Crippen LogP contribution in [-0.4, -0.2) is 27.9 Å². The molecule has 3 heterocycles. The topological polar surface area (TPSA) is 89.8 Å². The normalized spacial score (nSPS) is 11.1. The van der Waals surface area contributed by atoms with Gasteiger partial charge in [-0.3, -0.25) is 9.78 Å². The van der Waals surface area contributed by atoms with E-state index in [1.807, 2.05) is 0 Å². The summed E-state index contributed by atoms with van der Waals surface area (Å²) in [5.74, 6) is -0.0437. The van der Waals surface area contributed by atoms with Gasteiger partial charge in [0, 0.05) is 11.6 Å². The highest BCUT2D eigenvalue weighted by molar-refractivity contribution is 6.34.